The zero-order valence-corrected chi connectivity index (χ0v) is 10.8. The highest BCUT2D eigenvalue weighted by molar-refractivity contribution is 5.78. The Kier molecular flexibility index (Phi) is 2.58. The number of carbonyl (C=O) groups excluding carboxylic acids is 1. The van der Waals surface area contributed by atoms with Gasteiger partial charge >= 0.3 is 11.8 Å². The number of aromatic amines is 1. The minimum absolute atomic E-state index is 0.0548. The fourth-order valence-corrected chi connectivity index (χ4v) is 2.38. The Morgan fingerprint density at radius 1 is 1.37 bits per heavy atom. The van der Waals surface area contributed by atoms with Gasteiger partial charge in [0.05, 0.1) is 11.6 Å². The molecular weight excluding hydrogens is 246 g/mol. The lowest BCUT2D eigenvalue weighted by Gasteiger charge is -2.18. The van der Waals surface area contributed by atoms with Crippen molar-refractivity contribution in [3.8, 4) is 0 Å². The summed E-state index contributed by atoms with van der Waals surface area (Å²) >= 11 is 0. The Labute approximate surface area is 109 Å². The average Bonchev–Trinajstić information content (AvgIpc) is 2.89. The summed E-state index contributed by atoms with van der Waals surface area (Å²) in [7, 11) is 0. The second-order valence-corrected chi connectivity index (χ2v) is 5.02. The summed E-state index contributed by atoms with van der Waals surface area (Å²) in [5.74, 6) is -0.466. The molecule has 6 heteroatoms. The van der Waals surface area contributed by atoms with Crippen LogP contribution in [0.5, 0.6) is 0 Å². The number of urea groups is 1. The third-order valence-corrected chi connectivity index (χ3v) is 3.41. The van der Waals surface area contributed by atoms with Crippen molar-refractivity contribution in [2.24, 2.45) is 0 Å². The minimum atomic E-state index is -0.466. The smallest absolute Gasteiger partial charge is 0.408 e. The van der Waals surface area contributed by atoms with Gasteiger partial charge in [-0.1, -0.05) is 6.07 Å². The topological polar surface area (TPSA) is 78.3 Å². The molecule has 1 aromatic heterocycles. The summed E-state index contributed by atoms with van der Waals surface area (Å²) < 4.78 is 4.96. The van der Waals surface area contributed by atoms with E-state index in [1.165, 1.54) is 0 Å². The number of nitrogens with one attached hydrogen (secondary N) is 2. The van der Waals surface area contributed by atoms with Crippen molar-refractivity contribution in [1.82, 2.24) is 15.2 Å². The third-order valence-electron chi connectivity index (χ3n) is 3.41. The van der Waals surface area contributed by atoms with Crippen molar-refractivity contribution in [1.29, 1.82) is 0 Å². The fraction of sp³-hybridized carbons (Fsp3) is 0.385. The molecule has 100 valence electrons. The Morgan fingerprint density at radius 2 is 2.16 bits per heavy atom. The third kappa shape index (κ3) is 1.99. The molecule has 1 aliphatic heterocycles. The van der Waals surface area contributed by atoms with E-state index in [9.17, 15) is 9.59 Å². The quantitative estimate of drug-likeness (QED) is 0.861. The molecular formula is C13H15N3O3. The Balaban J connectivity index is 1.92. The van der Waals surface area contributed by atoms with Gasteiger partial charge in [0.25, 0.3) is 0 Å². The molecule has 0 radical (unpaired) electrons. The van der Waals surface area contributed by atoms with E-state index in [4.69, 9.17) is 4.42 Å². The predicted octanol–water partition coefficient (Wildman–Crippen LogP) is 1.60. The molecule has 1 unspecified atom stereocenters. The van der Waals surface area contributed by atoms with Crippen molar-refractivity contribution in [2.75, 3.05) is 6.54 Å². The molecule has 2 N–H and O–H groups in total. The van der Waals surface area contributed by atoms with Crippen LogP contribution in [-0.4, -0.2) is 28.5 Å². The summed E-state index contributed by atoms with van der Waals surface area (Å²) in [6, 6.07) is 5.51. The Morgan fingerprint density at radius 3 is 2.84 bits per heavy atom. The van der Waals surface area contributed by atoms with Gasteiger partial charge in [-0.15, -0.1) is 0 Å². The molecule has 19 heavy (non-hydrogen) atoms. The van der Waals surface area contributed by atoms with Gasteiger partial charge in [-0.05, 0) is 31.5 Å². The van der Waals surface area contributed by atoms with Gasteiger partial charge in [-0.2, -0.15) is 0 Å². The number of aromatic nitrogens is 1. The monoisotopic (exact) mass is 261 g/mol. The van der Waals surface area contributed by atoms with Crippen molar-refractivity contribution in [2.45, 2.75) is 25.9 Å². The average molecular weight is 261 g/mol. The van der Waals surface area contributed by atoms with Gasteiger partial charge in [0.2, 0.25) is 0 Å². The van der Waals surface area contributed by atoms with Gasteiger partial charge in [0.15, 0.2) is 5.58 Å². The largest absolute Gasteiger partial charge is 0.417 e. The number of hydrogen-bond donors (Lipinski definition) is 2. The van der Waals surface area contributed by atoms with Crippen LogP contribution in [0.2, 0.25) is 0 Å². The van der Waals surface area contributed by atoms with Crippen molar-refractivity contribution < 1.29 is 9.21 Å². The number of amides is 2. The molecule has 0 bridgehead atoms. The van der Waals surface area contributed by atoms with E-state index in [1.54, 1.807) is 11.0 Å². The summed E-state index contributed by atoms with van der Waals surface area (Å²) in [4.78, 5) is 27.3. The predicted molar refractivity (Wildman–Crippen MR) is 69.9 cm³/mol. The van der Waals surface area contributed by atoms with Crippen LogP contribution in [0, 0.1) is 0 Å². The van der Waals surface area contributed by atoms with Gasteiger partial charge in [-0.3, -0.25) is 4.98 Å². The second-order valence-electron chi connectivity index (χ2n) is 5.02. The van der Waals surface area contributed by atoms with Crippen LogP contribution in [0.4, 0.5) is 4.79 Å². The van der Waals surface area contributed by atoms with Gasteiger partial charge in [0, 0.05) is 12.6 Å². The maximum atomic E-state index is 11.8. The summed E-state index contributed by atoms with van der Waals surface area (Å²) in [5, 5.41) is 2.94. The van der Waals surface area contributed by atoms with Crippen LogP contribution in [-0.2, 0) is 0 Å². The Bertz CT molecular complexity index is 686. The van der Waals surface area contributed by atoms with E-state index >= 15 is 0 Å². The molecule has 1 fully saturated rings. The molecule has 0 saturated carbocycles. The summed E-state index contributed by atoms with van der Waals surface area (Å²) in [6.07, 6.45) is 0. The Hall–Kier alpha value is -2.24. The number of benzene rings is 1. The van der Waals surface area contributed by atoms with Crippen LogP contribution in [0.1, 0.15) is 25.5 Å². The number of hydrogen-bond acceptors (Lipinski definition) is 3. The van der Waals surface area contributed by atoms with E-state index in [0.717, 1.165) is 5.56 Å². The molecule has 2 heterocycles. The minimum Gasteiger partial charge on any atom is -0.408 e. The van der Waals surface area contributed by atoms with Crippen molar-refractivity contribution in [3.63, 3.8) is 0 Å². The first-order chi connectivity index (χ1) is 9.04. The molecule has 0 aliphatic carbocycles. The van der Waals surface area contributed by atoms with E-state index in [2.05, 4.69) is 10.3 Å². The fourth-order valence-electron chi connectivity index (χ4n) is 2.38. The number of carbonyl (C=O) groups is 1. The molecule has 3 rings (SSSR count). The van der Waals surface area contributed by atoms with Gasteiger partial charge in [-0.25, -0.2) is 9.59 Å². The molecule has 0 spiro atoms. The first kappa shape index (κ1) is 11.8. The zero-order chi connectivity index (χ0) is 13.6. The first-order valence-corrected chi connectivity index (χ1v) is 6.24. The molecule has 2 amide bonds. The van der Waals surface area contributed by atoms with Crippen LogP contribution in [0.15, 0.2) is 27.4 Å². The van der Waals surface area contributed by atoms with Crippen LogP contribution in [0.25, 0.3) is 11.1 Å². The molecule has 1 aromatic carbocycles. The lowest BCUT2D eigenvalue weighted by atomic mass is 10.1. The highest BCUT2D eigenvalue weighted by Crippen LogP contribution is 2.24. The van der Waals surface area contributed by atoms with E-state index < -0.39 is 5.76 Å². The lowest BCUT2D eigenvalue weighted by Crippen LogP contribution is -2.33. The van der Waals surface area contributed by atoms with Gasteiger partial charge in [0.1, 0.15) is 0 Å². The number of fused-ring (bicyclic) bond motifs is 1. The van der Waals surface area contributed by atoms with Crippen LogP contribution < -0.4 is 11.1 Å². The maximum Gasteiger partial charge on any atom is 0.417 e. The molecule has 6 nitrogen and oxygen atoms in total. The van der Waals surface area contributed by atoms with Crippen LogP contribution in [0.3, 0.4) is 0 Å². The summed E-state index contributed by atoms with van der Waals surface area (Å²) in [6.45, 7) is 4.60. The highest BCUT2D eigenvalue weighted by atomic mass is 16.4. The lowest BCUT2D eigenvalue weighted by molar-refractivity contribution is 0.206. The zero-order valence-electron chi connectivity index (χ0n) is 10.8. The number of nitrogens with zero attached hydrogens (tertiary/aromatic N) is 1. The summed E-state index contributed by atoms with van der Waals surface area (Å²) in [5.41, 5.74) is 2.14. The highest BCUT2D eigenvalue weighted by Gasteiger charge is 2.31. The van der Waals surface area contributed by atoms with E-state index in [0.29, 0.717) is 17.6 Å². The number of oxazole rings is 1. The normalized spacial score (nSPS) is 19.4. The molecule has 2 aromatic rings. The molecule has 1 aliphatic rings. The SMILES string of the molecule is CC(C)N1CC(c2ccc3oc(=O)[nH]c3c2)NC1=O. The molecule has 1 saturated heterocycles. The number of H-pyrrole nitrogens is 1. The number of rotatable bonds is 2. The second kappa shape index (κ2) is 4.15. The standard InChI is InChI=1S/C13H15N3O3/c1-7(2)16-6-10(14-12(16)17)8-3-4-11-9(5-8)15-13(18)19-11/h3-5,7,10H,6H2,1-2H3,(H,14,17)(H,15,18). The van der Waals surface area contributed by atoms with E-state index in [-0.39, 0.29) is 18.1 Å². The maximum absolute atomic E-state index is 11.8. The van der Waals surface area contributed by atoms with Crippen molar-refractivity contribution in [3.05, 3.63) is 34.3 Å². The first-order valence-electron chi connectivity index (χ1n) is 6.24. The molecule has 1 atom stereocenters. The van der Waals surface area contributed by atoms with Gasteiger partial charge < -0.3 is 14.6 Å². The van der Waals surface area contributed by atoms with Crippen molar-refractivity contribution >= 4 is 17.1 Å². The van der Waals surface area contributed by atoms with E-state index in [1.807, 2.05) is 26.0 Å². The van der Waals surface area contributed by atoms with Crippen LogP contribution >= 0.6 is 0 Å².